The van der Waals surface area contributed by atoms with Crippen molar-refractivity contribution >= 4 is 5.82 Å². The lowest BCUT2D eigenvalue weighted by Crippen LogP contribution is -2.25. The van der Waals surface area contributed by atoms with Gasteiger partial charge in [-0.05, 0) is 50.9 Å². The molecule has 0 spiro atoms. The first-order valence-corrected chi connectivity index (χ1v) is 8.10. The molecule has 0 amide bonds. The largest absolute Gasteiger partial charge is 0.377 e. The maximum atomic E-state index is 5.62. The number of pyridine rings is 1. The highest BCUT2D eigenvalue weighted by molar-refractivity contribution is 5.42. The summed E-state index contributed by atoms with van der Waals surface area (Å²) < 4.78 is 5.62. The second-order valence-corrected chi connectivity index (χ2v) is 5.70. The SMILES string of the molecule is CCCNCc1cc(CC)nc(N(C)CCOC(C)C)c1. The zero-order valence-electron chi connectivity index (χ0n) is 14.3. The van der Waals surface area contributed by atoms with Crippen molar-refractivity contribution in [2.75, 3.05) is 31.6 Å². The lowest BCUT2D eigenvalue weighted by Gasteiger charge is -2.20. The highest BCUT2D eigenvalue weighted by atomic mass is 16.5. The number of aryl methyl sites for hydroxylation is 1. The summed E-state index contributed by atoms with van der Waals surface area (Å²) in [6, 6.07) is 4.38. The Hall–Kier alpha value is -1.13. The molecule has 0 radical (unpaired) electrons. The monoisotopic (exact) mass is 293 g/mol. The number of rotatable bonds is 10. The zero-order valence-corrected chi connectivity index (χ0v) is 14.3. The van der Waals surface area contributed by atoms with Crippen molar-refractivity contribution in [2.45, 2.75) is 53.2 Å². The number of hydrogen-bond acceptors (Lipinski definition) is 4. The molecule has 0 saturated heterocycles. The molecule has 0 aliphatic carbocycles. The van der Waals surface area contributed by atoms with Gasteiger partial charge >= 0.3 is 0 Å². The van der Waals surface area contributed by atoms with Gasteiger partial charge in [-0.2, -0.15) is 0 Å². The van der Waals surface area contributed by atoms with Crippen molar-refractivity contribution in [1.29, 1.82) is 0 Å². The Labute approximate surface area is 129 Å². The van der Waals surface area contributed by atoms with E-state index in [1.807, 2.05) is 0 Å². The molecule has 1 rings (SSSR count). The lowest BCUT2D eigenvalue weighted by molar-refractivity contribution is 0.0845. The normalized spacial score (nSPS) is 11.1. The molecule has 4 nitrogen and oxygen atoms in total. The van der Waals surface area contributed by atoms with Gasteiger partial charge in [0.15, 0.2) is 0 Å². The van der Waals surface area contributed by atoms with Gasteiger partial charge in [-0.15, -0.1) is 0 Å². The van der Waals surface area contributed by atoms with Crippen LogP contribution in [0.25, 0.3) is 0 Å². The highest BCUT2D eigenvalue weighted by Crippen LogP contribution is 2.14. The second-order valence-electron chi connectivity index (χ2n) is 5.70. The number of anilines is 1. The summed E-state index contributed by atoms with van der Waals surface area (Å²) in [6.45, 7) is 12.0. The molecule has 21 heavy (non-hydrogen) atoms. The summed E-state index contributed by atoms with van der Waals surface area (Å²) in [7, 11) is 2.08. The quantitative estimate of drug-likeness (QED) is 0.673. The van der Waals surface area contributed by atoms with Crippen LogP contribution in [0, 0.1) is 0 Å². The molecule has 0 atom stereocenters. The Morgan fingerprint density at radius 1 is 1.29 bits per heavy atom. The Kier molecular flexibility index (Phi) is 8.31. The van der Waals surface area contributed by atoms with E-state index in [2.05, 4.69) is 57.1 Å². The Morgan fingerprint density at radius 3 is 2.67 bits per heavy atom. The predicted molar refractivity (Wildman–Crippen MR) is 90.0 cm³/mol. The molecule has 1 N–H and O–H groups in total. The van der Waals surface area contributed by atoms with E-state index in [4.69, 9.17) is 9.72 Å². The minimum absolute atomic E-state index is 0.280. The fourth-order valence-corrected chi connectivity index (χ4v) is 2.06. The van der Waals surface area contributed by atoms with Gasteiger partial charge in [0.2, 0.25) is 0 Å². The standard InChI is InChI=1S/C17H31N3O/c1-6-8-18-13-15-11-16(7-2)19-17(12-15)20(5)9-10-21-14(3)4/h11-12,14,18H,6-10,13H2,1-5H3. The number of nitrogens with zero attached hydrogens (tertiary/aromatic N) is 2. The van der Waals surface area contributed by atoms with Gasteiger partial charge in [-0.3, -0.25) is 0 Å². The van der Waals surface area contributed by atoms with Crippen molar-refractivity contribution in [3.05, 3.63) is 23.4 Å². The molecule has 0 aliphatic rings. The number of nitrogens with one attached hydrogen (secondary N) is 1. The van der Waals surface area contributed by atoms with Crippen molar-refractivity contribution in [1.82, 2.24) is 10.3 Å². The van der Waals surface area contributed by atoms with Gasteiger partial charge in [-0.1, -0.05) is 13.8 Å². The van der Waals surface area contributed by atoms with Crippen LogP contribution >= 0.6 is 0 Å². The van der Waals surface area contributed by atoms with Crippen molar-refractivity contribution in [3.63, 3.8) is 0 Å². The van der Waals surface area contributed by atoms with E-state index in [9.17, 15) is 0 Å². The average Bonchev–Trinajstić information content (AvgIpc) is 2.46. The molecule has 1 heterocycles. The van der Waals surface area contributed by atoms with Crippen LogP contribution in [0.4, 0.5) is 5.82 Å². The summed E-state index contributed by atoms with van der Waals surface area (Å²) in [6.07, 6.45) is 2.40. The molecule has 0 saturated carbocycles. The van der Waals surface area contributed by atoms with Gasteiger partial charge < -0.3 is 15.0 Å². The second kappa shape index (κ2) is 9.74. The topological polar surface area (TPSA) is 37.4 Å². The molecular weight excluding hydrogens is 262 g/mol. The molecule has 120 valence electrons. The maximum absolute atomic E-state index is 5.62. The zero-order chi connectivity index (χ0) is 15.7. The van der Waals surface area contributed by atoms with E-state index >= 15 is 0 Å². The van der Waals surface area contributed by atoms with Gasteiger partial charge in [-0.25, -0.2) is 4.98 Å². The molecule has 4 heteroatoms. The van der Waals surface area contributed by atoms with Gasteiger partial charge in [0.05, 0.1) is 12.7 Å². The van der Waals surface area contributed by atoms with Gasteiger partial charge in [0, 0.05) is 25.8 Å². The molecule has 0 bridgehead atoms. The molecule has 0 aromatic carbocycles. The maximum Gasteiger partial charge on any atom is 0.128 e. The van der Waals surface area contributed by atoms with Crippen molar-refractivity contribution < 1.29 is 4.74 Å². The summed E-state index contributed by atoms with van der Waals surface area (Å²) in [5, 5.41) is 3.46. The van der Waals surface area contributed by atoms with Crippen LogP contribution in [-0.4, -0.2) is 37.8 Å². The van der Waals surface area contributed by atoms with E-state index in [1.165, 1.54) is 5.56 Å². The molecule has 1 aromatic heterocycles. The fraction of sp³-hybridized carbons (Fsp3) is 0.706. The summed E-state index contributed by atoms with van der Waals surface area (Å²) in [5.41, 5.74) is 2.46. The van der Waals surface area contributed by atoms with Crippen molar-refractivity contribution in [2.24, 2.45) is 0 Å². The smallest absolute Gasteiger partial charge is 0.128 e. The average molecular weight is 293 g/mol. The van der Waals surface area contributed by atoms with Crippen molar-refractivity contribution in [3.8, 4) is 0 Å². The van der Waals surface area contributed by atoms with Crippen LogP contribution in [0.1, 0.15) is 45.4 Å². The Balaban J connectivity index is 2.68. The van der Waals surface area contributed by atoms with E-state index < -0.39 is 0 Å². The highest BCUT2D eigenvalue weighted by Gasteiger charge is 2.07. The molecular formula is C17H31N3O. The third kappa shape index (κ3) is 6.91. The third-order valence-corrected chi connectivity index (χ3v) is 3.31. The first kappa shape index (κ1) is 17.9. The van der Waals surface area contributed by atoms with Crippen LogP contribution in [0.3, 0.4) is 0 Å². The first-order valence-electron chi connectivity index (χ1n) is 8.10. The minimum atomic E-state index is 0.280. The van der Waals surface area contributed by atoms with E-state index in [0.29, 0.717) is 0 Å². The summed E-state index contributed by atoms with van der Waals surface area (Å²) in [5.74, 6) is 1.04. The van der Waals surface area contributed by atoms with Crippen LogP contribution in [0.5, 0.6) is 0 Å². The lowest BCUT2D eigenvalue weighted by atomic mass is 10.2. The molecule has 1 aromatic rings. The van der Waals surface area contributed by atoms with E-state index in [-0.39, 0.29) is 6.10 Å². The predicted octanol–water partition coefficient (Wildman–Crippen LogP) is 3.00. The van der Waals surface area contributed by atoms with E-state index in [0.717, 1.165) is 50.6 Å². The Bertz CT molecular complexity index is 407. The van der Waals surface area contributed by atoms with Gasteiger partial charge in [0.25, 0.3) is 0 Å². The van der Waals surface area contributed by atoms with Crippen LogP contribution in [-0.2, 0) is 17.7 Å². The summed E-state index contributed by atoms with van der Waals surface area (Å²) >= 11 is 0. The molecule has 0 fully saturated rings. The van der Waals surface area contributed by atoms with Gasteiger partial charge in [0.1, 0.15) is 5.82 Å². The third-order valence-electron chi connectivity index (χ3n) is 3.31. The molecule has 0 aliphatic heterocycles. The van der Waals surface area contributed by atoms with E-state index in [1.54, 1.807) is 0 Å². The first-order chi connectivity index (χ1) is 10.1. The minimum Gasteiger partial charge on any atom is -0.377 e. The Morgan fingerprint density at radius 2 is 2.05 bits per heavy atom. The van der Waals surface area contributed by atoms with Crippen LogP contribution in [0.2, 0.25) is 0 Å². The summed E-state index contributed by atoms with van der Waals surface area (Å²) in [4.78, 5) is 6.89. The van der Waals surface area contributed by atoms with Crippen LogP contribution < -0.4 is 10.2 Å². The van der Waals surface area contributed by atoms with Crippen LogP contribution in [0.15, 0.2) is 12.1 Å². The number of aromatic nitrogens is 1. The number of likely N-dealkylation sites (N-methyl/N-ethyl adjacent to an activating group) is 1. The number of hydrogen-bond donors (Lipinski definition) is 1. The number of ether oxygens (including phenoxy) is 1. The molecule has 0 unspecified atom stereocenters. The fourth-order valence-electron chi connectivity index (χ4n) is 2.06.